The van der Waals surface area contributed by atoms with E-state index in [4.69, 9.17) is 4.74 Å². The van der Waals surface area contributed by atoms with Gasteiger partial charge in [-0.05, 0) is 52.4 Å². The van der Waals surface area contributed by atoms with Crippen LogP contribution in [0.25, 0.3) is 0 Å². The number of hydrogen-bond donors (Lipinski definition) is 1. The number of nitrogens with one attached hydrogen (secondary N) is 1. The molecule has 1 N–H and O–H groups in total. The van der Waals surface area contributed by atoms with Gasteiger partial charge in [-0.1, -0.05) is 27.7 Å². The number of nitrogens with zero attached hydrogens (tertiary/aromatic N) is 1. The molecule has 114 valence electrons. The van der Waals surface area contributed by atoms with Crippen molar-refractivity contribution in [1.29, 1.82) is 0 Å². The Balaban J connectivity index is 2.13. The summed E-state index contributed by atoms with van der Waals surface area (Å²) in [7, 11) is 4.28. The molecule has 0 saturated heterocycles. The summed E-state index contributed by atoms with van der Waals surface area (Å²) >= 11 is 0. The fourth-order valence-electron chi connectivity index (χ4n) is 2.65. The first-order valence-corrected chi connectivity index (χ1v) is 7.83. The second-order valence-corrected chi connectivity index (χ2v) is 7.29. The van der Waals surface area contributed by atoms with E-state index in [9.17, 15) is 0 Å². The van der Waals surface area contributed by atoms with E-state index < -0.39 is 0 Å². The van der Waals surface area contributed by atoms with Crippen LogP contribution < -0.4 is 5.32 Å². The second-order valence-electron chi connectivity index (χ2n) is 7.29. The summed E-state index contributed by atoms with van der Waals surface area (Å²) in [6.07, 6.45) is 4.16. The van der Waals surface area contributed by atoms with Gasteiger partial charge in [0.15, 0.2) is 0 Å². The standard InChI is InChI=1S/C16H34N2O/c1-13(2)12-19-15-11-14(16(15,3)4)17-9-7-8-10-18(5)6/h13-15,17H,7-12H2,1-6H3. The molecule has 2 atom stereocenters. The summed E-state index contributed by atoms with van der Waals surface area (Å²) in [6, 6.07) is 0.629. The van der Waals surface area contributed by atoms with Gasteiger partial charge in [0.05, 0.1) is 6.10 Å². The normalized spacial score (nSPS) is 25.9. The third kappa shape index (κ3) is 5.41. The Morgan fingerprint density at radius 1 is 1.26 bits per heavy atom. The number of rotatable bonds is 9. The molecule has 0 bridgehead atoms. The van der Waals surface area contributed by atoms with Crippen LogP contribution in [-0.4, -0.2) is 50.8 Å². The highest BCUT2D eigenvalue weighted by atomic mass is 16.5. The Morgan fingerprint density at radius 2 is 1.95 bits per heavy atom. The summed E-state index contributed by atoms with van der Waals surface area (Å²) < 4.78 is 6.00. The van der Waals surface area contributed by atoms with Crippen molar-refractivity contribution < 1.29 is 4.74 Å². The largest absolute Gasteiger partial charge is 0.377 e. The van der Waals surface area contributed by atoms with Gasteiger partial charge in [0.2, 0.25) is 0 Å². The minimum Gasteiger partial charge on any atom is -0.377 e. The van der Waals surface area contributed by atoms with Gasteiger partial charge in [-0.25, -0.2) is 0 Å². The summed E-state index contributed by atoms with van der Waals surface area (Å²) in [4.78, 5) is 2.25. The molecule has 0 amide bonds. The Morgan fingerprint density at radius 3 is 2.47 bits per heavy atom. The molecule has 0 aromatic carbocycles. The van der Waals surface area contributed by atoms with Crippen LogP contribution in [0.1, 0.15) is 47.0 Å². The smallest absolute Gasteiger partial charge is 0.0656 e. The summed E-state index contributed by atoms with van der Waals surface area (Å²) in [5.41, 5.74) is 0.288. The van der Waals surface area contributed by atoms with E-state index in [1.165, 1.54) is 25.8 Å². The van der Waals surface area contributed by atoms with Gasteiger partial charge in [0.1, 0.15) is 0 Å². The van der Waals surface area contributed by atoms with Gasteiger partial charge in [-0.2, -0.15) is 0 Å². The topological polar surface area (TPSA) is 24.5 Å². The zero-order chi connectivity index (χ0) is 14.5. The Bertz CT molecular complexity index is 251. The second kappa shape index (κ2) is 7.61. The maximum Gasteiger partial charge on any atom is 0.0656 e. The van der Waals surface area contributed by atoms with Crippen molar-refractivity contribution in [2.75, 3.05) is 33.8 Å². The van der Waals surface area contributed by atoms with E-state index in [0.29, 0.717) is 18.1 Å². The van der Waals surface area contributed by atoms with Crippen LogP contribution in [0.3, 0.4) is 0 Å². The van der Waals surface area contributed by atoms with Crippen molar-refractivity contribution in [2.45, 2.75) is 59.1 Å². The van der Waals surface area contributed by atoms with E-state index in [0.717, 1.165) is 13.2 Å². The molecule has 3 nitrogen and oxygen atoms in total. The van der Waals surface area contributed by atoms with Crippen molar-refractivity contribution >= 4 is 0 Å². The number of hydrogen-bond acceptors (Lipinski definition) is 3. The minimum absolute atomic E-state index is 0.288. The summed E-state index contributed by atoms with van der Waals surface area (Å²) in [6.45, 7) is 12.3. The first-order chi connectivity index (χ1) is 8.84. The van der Waals surface area contributed by atoms with Crippen molar-refractivity contribution in [3.8, 4) is 0 Å². The fourth-order valence-corrected chi connectivity index (χ4v) is 2.65. The van der Waals surface area contributed by atoms with Crippen LogP contribution >= 0.6 is 0 Å². The zero-order valence-corrected chi connectivity index (χ0v) is 13.8. The van der Waals surface area contributed by atoms with Gasteiger partial charge in [-0.15, -0.1) is 0 Å². The monoisotopic (exact) mass is 270 g/mol. The van der Waals surface area contributed by atoms with Crippen molar-refractivity contribution in [3.05, 3.63) is 0 Å². The molecule has 1 rings (SSSR count). The van der Waals surface area contributed by atoms with E-state index >= 15 is 0 Å². The molecule has 3 heteroatoms. The minimum atomic E-state index is 0.288. The third-order valence-electron chi connectivity index (χ3n) is 4.23. The molecule has 2 unspecified atom stereocenters. The first-order valence-electron chi connectivity index (χ1n) is 7.83. The first kappa shape index (κ1) is 16.9. The summed E-state index contributed by atoms with van der Waals surface area (Å²) in [5.74, 6) is 0.633. The van der Waals surface area contributed by atoms with Crippen molar-refractivity contribution in [1.82, 2.24) is 10.2 Å². The van der Waals surface area contributed by atoms with Gasteiger partial charge < -0.3 is 15.0 Å². The molecular formula is C16H34N2O. The van der Waals surface area contributed by atoms with Gasteiger partial charge in [0, 0.05) is 18.1 Å². The molecule has 1 saturated carbocycles. The van der Waals surface area contributed by atoms with E-state index in [1.54, 1.807) is 0 Å². The third-order valence-corrected chi connectivity index (χ3v) is 4.23. The average Bonchev–Trinajstić information content (AvgIpc) is 2.29. The lowest BCUT2D eigenvalue weighted by Crippen LogP contribution is -2.61. The molecule has 0 spiro atoms. The van der Waals surface area contributed by atoms with Gasteiger partial charge in [-0.3, -0.25) is 0 Å². The molecule has 0 radical (unpaired) electrons. The summed E-state index contributed by atoms with van der Waals surface area (Å²) in [5, 5.41) is 3.70. The molecule has 1 fully saturated rings. The predicted molar refractivity (Wildman–Crippen MR) is 82.6 cm³/mol. The Labute approximate surface area is 120 Å². The lowest BCUT2D eigenvalue weighted by atomic mass is 9.64. The molecule has 1 aliphatic carbocycles. The zero-order valence-electron chi connectivity index (χ0n) is 13.8. The van der Waals surface area contributed by atoms with Crippen LogP contribution in [0.2, 0.25) is 0 Å². The lowest BCUT2D eigenvalue weighted by molar-refractivity contribution is -0.123. The molecule has 0 aromatic rings. The van der Waals surface area contributed by atoms with Gasteiger partial charge in [0.25, 0.3) is 0 Å². The lowest BCUT2D eigenvalue weighted by Gasteiger charge is -2.52. The van der Waals surface area contributed by atoms with Crippen LogP contribution in [0.15, 0.2) is 0 Å². The Kier molecular flexibility index (Phi) is 6.78. The van der Waals surface area contributed by atoms with Crippen LogP contribution in [0, 0.1) is 11.3 Å². The quantitative estimate of drug-likeness (QED) is 0.652. The van der Waals surface area contributed by atoms with Crippen LogP contribution in [0.4, 0.5) is 0 Å². The van der Waals surface area contributed by atoms with Crippen molar-refractivity contribution in [3.63, 3.8) is 0 Å². The van der Waals surface area contributed by atoms with Crippen LogP contribution in [-0.2, 0) is 4.74 Å². The highest BCUT2D eigenvalue weighted by molar-refractivity contribution is 5.02. The highest BCUT2D eigenvalue weighted by Gasteiger charge is 2.48. The molecule has 0 aliphatic heterocycles. The number of ether oxygens (including phenoxy) is 1. The Hall–Kier alpha value is -0.120. The maximum absolute atomic E-state index is 6.00. The maximum atomic E-state index is 6.00. The number of unbranched alkanes of at least 4 members (excludes halogenated alkanes) is 1. The highest BCUT2D eigenvalue weighted by Crippen LogP contribution is 2.42. The molecule has 1 aliphatic rings. The molecule has 0 heterocycles. The van der Waals surface area contributed by atoms with E-state index in [-0.39, 0.29) is 5.41 Å². The van der Waals surface area contributed by atoms with Gasteiger partial charge >= 0.3 is 0 Å². The SMILES string of the molecule is CC(C)COC1CC(NCCCCN(C)C)C1(C)C. The van der Waals surface area contributed by atoms with E-state index in [1.807, 2.05) is 0 Å². The van der Waals surface area contributed by atoms with E-state index in [2.05, 4.69) is 52.0 Å². The van der Waals surface area contributed by atoms with Crippen LogP contribution in [0.5, 0.6) is 0 Å². The molecule has 19 heavy (non-hydrogen) atoms. The fraction of sp³-hybridized carbons (Fsp3) is 1.00. The molecular weight excluding hydrogens is 236 g/mol. The molecule has 0 aromatic heterocycles. The average molecular weight is 270 g/mol. The predicted octanol–water partition coefficient (Wildman–Crippen LogP) is 2.76. The van der Waals surface area contributed by atoms with Crippen molar-refractivity contribution in [2.24, 2.45) is 11.3 Å².